The number of halogens is 1. The minimum atomic E-state index is -0.551. The van der Waals surface area contributed by atoms with Crippen LogP contribution in [-0.2, 0) is 6.54 Å². The van der Waals surface area contributed by atoms with Crippen LogP contribution in [0, 0.1) is 10.1 Å². The number of nitro benzene ring substituents is 1. The molecule has 1 aromatic heterocycles. The molecule has 6 nitrogen and oxygen atoms in total. The van der Waals surface area contributed by atoms with Crippen LogP contribution < -0.4 is 5.76 Å². The molecule has 0 aliphatic heterocycles. The van der Waals surface area contributed by atoms with E-state index in [1.54, 1.807) is 12.2 Å². The number of allylic oxidation sites excluding steroid dienone is 2. The van der Waals surface area contributed by atoms with Crippen molar-refractivity contribution in [2.45, 2.75) is 6.54 Å². The zero-order valence-corrected chi connectivity index (χ0v) is 9.96. The van der Waals surface area contributed by atoms with Crippen molar-refractivity contribution in [3.05, 3.63) is 51.0 Å². The van der Waals surface area contributed by atoms with Crippen LogP contribution in [0.2, 0.25) is 0 Å². The molecule has 0 unspecified atom stereocenters. The van der Waals surface area contributed by atoms with Crippen LogP contribution in [0.4, 0.5) is 5.69 Å². The lowest BCUT2D eigenvalue weighted by atomic mass is 10.3. The third kappa shape index (κ3) is 2.28. The van der Waals surface area contributed by atoms with E-state index in [2.05, 4.69) is 0 Å². The van der Waals surface area contributed by atoms with E-state index < -0.39 is 10.7 Å². The molecule has 0 radical (unpaired) electrons. The predicted octanol–water partition coefficient (Wildman–Crippen LogP) is 2.30. The van der Waals surface area contributed by atoms with Crippen molar-refractivity contribution in [2.24, 2.45) is 0 Å². The van der Waals surface area contributed by atoms with Gasteiger partial charge in [-0.05, 0) is 6.07 Å². The molecule has 0 amide bonds. The number of nitrogens with zero attached hydrogens (tertiary/aromatic N) is 2. The van der Waals surface area contributed by atoms with Gasteiger partial charge in [0.15, 0.2) is 5.58 Å². The van der Waals surface area contributed by atoms with E-state index in [9.17, 15) is 14.9 Å². The second-order valence-electron chi connectivity index (χ2n) is 3.51. The van der Waals surface area contributed by atoms with Crippen LogP contribution in [-0.4, -0.2) is 15.4 Å². The van der Waals surface area contributed by atoms with E-state index in [0.717, 1.165) is 0 Å². The summed E-state index contributed by atoms with van der Waals surface area (Å²) in [6.45, 7) is 0.264. The number of fused-ring (bicyclic) bond motifs is 1. The number of non-ortho nitro benzene ring substituents is 1. The Morgan fingerprint density at radius 2 is 2.22 bits per heavy atom. The summed E-state index contributed by atoms with van der Waals surface area (Å²) in [4.78, 5) is 21.7. The molecule has 0 aliphatic carbocycles. The number of alkyl halides is 1. The normalized spacial score (nSPS) is 11.4. The first-order valence-corrected chi connectivity index (χ1v) is 5.65. The topological polar surface area (TPSA) is 78.3 Å². The Morgan fingerprint density at radius 3 is 2.89 bits per heavy atom. The summed E-state index contributed by atoms with van der Waals surface area (Å²) in [7, 11) is 0. The first kappa shape index (κ1) is 12.4. The van der Waals surface area contributed by atoms with E-state index in [4.69, 9.17) is 16.0 Å². The van der Waals surface area contributed by atoms with Gasteiger partial charge in [-0.3, -0.25) is 14.7 Å². The maximum Gasteiger partial charge on any atom is 0.420 e. The highest BCUT2D eigenvalue weighted by molar-refractivity contribution is 6.18. The molecular formula is C11H9ClN2O4. The molecule has 0 fully saturated rings. The average molecular weight is 269 g/mol. The van der Waals surface area contributed by atoms with Gasteiger partial charge in [0.2, 0.25) is 0 Å². The predicted molar refractivity (Wildman–Crippen MR) is 67.0 cm³/mol. The second-order valence-corrected chi connectivity index (χ2v) is 3.82. The van der Waals surface area contributed by atoms with Gasteiger partial charge in [0.05, 0.1) is 10.4 Å². The van der Waals surface area contributed by atoms with Crippen LogP contribution in [0.1, 0.15) is 0 Å². The fourth-order valence-corrected chi connectivity index (χ4v) is 1.71. The highest BCUT2D eigenvalue weighted by Gasteiger charge is 2.13. The van der Waals surface area contributed by atoms with Crippen molar-refractivity contribution >= 4 is 28.4 Å². The highest BCUT2D eigenvalue weighted by Crippen LogP contribution is 2.19. The Bertz CT molecular complexity index is 671. The van der Waals surface area contributed by atoms with Gasteiger partial charge in [-0.1, -0.05) is 12.2 Å². The van der Waals surface area contributed by atoms with Gasteiger partial charge in [0, 0.05) is 24.6 Å². The number of aromatic nitrogens is 1. The van der Waals surface area contributed by atoms with Crippen molar-refractivity contribution in [1.82, 2.24) is 4.57 Å². The van der Waals surface area contributed by atoms with Crippen molar-refractivity contribution in [2.75, 3.05) is 5.88 Å². The van der Waals surface area contributed by atoms with E-state index in [-0.39, 0.29) is 12.2 Å². The Labute approximate surface area is 106 Å². The molecule has 0 saturated carbocycles. The highest BCUT2D eigenvalue weighted by atomic mass is 35.5. The smallest absolute Gasteiger partial charge is 0.408 e. The summed E-state index contributed by atoms with van der Waals surface area (Å²) < 4.78 is 6.29. The SMILES string of the molecule is O=c1oc2ccc([N+](=O)[O-])cc2n1CC=CCCl. The fraction of sp³-hybridized carbons (Fsp3) is 0.182. The largest absolute Gasteiger partial charge is 0.420 e. The van der Waals surface area contributed by atoms with Crippen LogP contribution >= 0.6 is 11.6 Å². The Hall–Kier alpha value is -2.08. The number of oxazole rings is 1. The summed E-state index contributed by atoms with van der Waals surface area (Å²) in [6.07, 6.45) is 3.38. The van der Waals surface area contributed by atoms with Crippen LogP contribution in [0.5, 0.6) is 0 Å². The summed E-state index contributed by atoms with van der Waals surface area (Å²) >= 11 is 5.48. The van der Waals surface area contributed by atoms with Gasteiger partial charge < -0.3 is 4.42 Å². The molecule has 1 heterocycles. The average Bonchev–Trinajstić information content (AvgIpc) is 2.65. The fourth-order valence-electron chi connectivity index (χ4n) is 1.58. The Balaban J connectivity index is 2.53. The van der Waals surface area contributed by atoms with Gasteiger partial charge >= 0.3 is 5.76 Å². The third-order valence-electron chi connectivity index (χ3n) is 2.41. The van der Waals surface area contributed by atoms with E-state index >= 15 is 0 Å². The molecule has 18 heavy (non-hydrogen) atoms. The van der Waals surface area contributed by atoms with E-state index in [1.807, 2.05) is 0 Å². The molecule has 0 saturated heterocycles. The Kier molecular flexibility index (Phi) is 3.47. The number of rotatable bonds is 4. The lowest BCUT2D eigenvalue weighted by Gasteiger charge is -1.96. The molecular weight excluding hydrogens is 260 g/mol. The molecule has 0 N–H and O–H groups in total. The van der Waals surface area contributed by atoms with Gasteiger partial charge in [-0.15, -0.1) is 11.6 Å². The lowest BCUT2D eigenvalue weighted by molar-refractivity contribution is -0.384. The Morgan fingerprint density at radius 1 is 1.44 bits per heavy atom. The number of hydrogen-bond donors (Lipinski definition) is 0. The van der Waals surface area contributed by atoms with Gasteiger partial charge in [-0.25, -0.2) is 4.79 Å². The minimum Gasteiger partial charge on any atom is -0.408 e. The van der Waals surface area contributed by atoms with Crippen molar-refractivity contribution in [1.29, 1.82) is 0 Å². The molecule has 0 atom stereocenters. The first-order chi connectivity index (χ1) is 8.63. The standard InChI is InChI=1S/C11H9ClN2O4/c12-5-1-2-6-13-9-7-8(14(16)17)3-4-10(9)18-11(13)15/h1-4,7H,5-6H2. The molecule has 2 rings (SSSR count). The second kappa shape index (κ2) is 5.05. The van der Waals surface area contributed by atoms with Crippen LogP contribution in [0.25, 0.3) is 11.1 Å². The summed E-state index contributed by atoms with van der Waals surface area (Å²) in [5, 5.41) is 10.7. The summed E-state index contributed by atoms with van der Waals surface area (Å²) in [5.41, 5.74) is 0.636. The van der Waals surface area contributed by atoms with Crippen LogP contribution in [0.3, 0.4) is 0 Å². The summed E-state index contributed by atoms with van der Waals surface area (Å²) in [6, 6.07) is 4.02. The number of hydrogen-bond acceptors (Lipinski definition) is 4. The molecule has 0 aliphatic rings. The number of benzene rings is 1. The van der Waals surface area contributed by atoms with Crippen LogP contribution in [0.15, 0.2) is 39.6 Å². The summed E-state index contributed by atoms with van der Waals surface area (Å²) in [5.74, 6) is -0.213. The van der Waals surface area contributed by atoms with Crippen molar-refractivity contribution < 1.29 is 9.34 Å². The van der Waals surface area contributed by atoms with Gasteiger partial charge in [0.1, 0.15) is 0 Å². The van der Waals surface area contributed by atoms with E-state index in [1.165, 1.54) is 22.8 Å². The van der Waals surface area contributed by atoms with Crippen molar-refractivity contribution in [3.63, 3.8) is 0 Å². The molecule has 7 heteroatoms. The zero-order valence-electron chi connectivity index (χ0n) is 9.21. The van der Waals surface area contributed by atoms with E-state index in [0.29, 0.717) is 17.0 Å². The van der Waals surface area contributed by atoms with Gasteiger partial charge in [0.25, 0.3) is 5.69 Å². The molecule has 2 aromatic rings. The molecule has 0 bridgehead atoms. The quantitative estimate of drug-likeness (QED) is 0.369. The molecule has 0 spiro atoms. The monoisotopic (exact) mass is 268 g/mol. The van der Waals surface area contributed by atoms with Crippen molar-refractivity contribution in [3.8, 4) is 0 Å². The first-order valence-electron chi connectivity index (χ1n) is 5.12. The maximum atomic E-state index is 11.6. The number of nitro groups is 1. The minimum absolute atomic E-state index is 0.0848. The maximum absolute atomic E-state index is 11.6. The van der Waals surface area contributed by atoms with Gasteiger partial charge in [-0.2, -0.15) is 0 Å². The third-order valence-corrected chi connectivity index (χ3v) is 2.58. The molecule has 1 aromatic carbocycles. The zero-order chi connectivity index (χ0) is 13.1. The molecule has 94 valence electrons. The lowest BCUT2D eigenvalue weighted by Crippen LogP contribution is -2.12.